The molecule has 3 N–H and O–H groups in total. The fraction of sp³-hybridized carbons (Fsp3) is 0.562. The highest BCUT2D eigenvalue weighted by molar-refractivity contribution is 8.18. The van der Waals surface area contributed by atoms with Crippen molar-refractivity contribution in [2.24, 2.45) is 5.92 Å². The molecule has 0 spiro atoms. The maximum absolute atomic E-state index is 12.9. The lowest BCUT2D eigenvalue weighted by Gasteiger charge is -2.35. The number of thioether (sulfide) groups is 1. The fourth-order valence-electron chi connectivity index (χ4n) is 2.95. The van der Waals surface area contributed by atoms with Gasteiger partial charge in [0, 0.05) is 30.2 Å². The van der Waals surface area contributed by atoms with Crippen LogP contribution in [-0.2, 0) is 4.79 Å². The molecule has 1 amide bonds. The fourth-order valence-corrected chi connectivity index (χ4v) is 4.05. The standard InChI is InChI=1S/C16H19F2N3OS/c1-7(8(2)19)11-12(9-3-4-9)13(23-14(11)20)15(22)21-10-5-16(17,18)6-10/h9-10,19-20H,3-6H2,1-2H3,(H,21,22)/b11-7-,19-8?,20-14?. The number of carbonyl (C=O) groups excluding carboxylic acids is 1. The molecule has 0 radical (unpaired) electrons. The molecular weight excluding hydrogens is 320 g/mol. The first-order valence-corrected chi connectivity index (χ1v) is 8.47. The Morgan fingerprint density at radius 2 is 1.91 bits per heavy atom. The summed E-state index contributed by atoms with van der Waals surface area (Å²) in [6.07, 6.45) is 1.31. The van der Waals surface area contributed by atoms with Crippen molar-refractivity contribution in [3.8, 4) is 0 Å². The van der Waals surface area contributed by atoms with Gasteiger partial charge in [-0.15, -0.1) is 0 Å². The molecule has 2 aliphatic carbocycles. The first kappa shape index (κ1) is 16.4. The lowest BCUT2D eigenvalue weighted by atomic mass is 9.88. The molecule has 0 aromatic heterocycles. The zero-order valence-electron chi connectivity index (χ0n) is 13.1. The molecule has 0 bridgehead atoms. The summed E-state index contributed by atoms with van der Waals surface area (Å²) < 4.78 is 25.8. The second kappa shape index (κ2) is 5.54. The maximum Gasteiger partial charge on any atom is 0.258 e. The molecule has 0 aromatic rings. The van der Waals surface area contributed by atoms with Crippen molar-refractivity contribution in [3.63, 3.8) is 0 Å². The number of nitrogens with one attached hydrogen (secondary N) is 3. The molecular formula is C16H19F2N3OS. The number of amides is 1. The maximum atomic E-state index is 12.9. The van der Waals surface area contributed by atoms with Gasteiger partial charge in [0.2, 0.25) is 0 Å². The van der Waals surface area contributed by atoms with Crippen LogP contribution in [0, 0.1) is 16.7 Å². The topological polar surface area (TPSA) is 76.8 Å². The third kappa shape index (κ3) is 3.11. The number of allylic oxidation sites excluding steroid dienone is 2. The smallest absolute Gasteiger partial charge is 0.258 e. The summed E-state index contributed by atoms with van der Waals surface area (Å²) in [6, 6.07) is -0.487. The first-order chi connectivity index (χ1) is 10.7. The van der Waals surface area contributed by atoms with Crippen molar-refractivity contribution in [3.05, 3.63) is 21.6 Å². The Hall–Kier alpha value is -1.50. The van der Waals surface area contributed by atoms with Crippen LogP contribution in [0.1, 0.15) is 39.5 Å². The van der Waals surface area contributed by atoms with Crippen LogP contribution >= 0.6 is 11.8 Å². The van der Waals surface area contributed by atoms with Crippen LogP contribution in [0.4, 0.5) is 8.78 Å². The number of halogens is 2. The Morgan fingerprint density at radius 3 is 2.39 bits per heavy atom. The molecule has 3 aliphatic rings. The molecule has 4 nitrogen and oxygen atoms in total. The van der Waals surface area contributed by atoms with Gasteiger partial charge in [-0.3, -0.25) is 10.2 Å². The van der Waals surface area contributed by atoms with Gasteiger partial charge in [0.05, 0.1) is 9.95 Å². The summed E-state index contributed by atoms with van der Waals surface area (Å²) in [5.41, 5.74) is 2.62. The summed E-state index contributed by atoms with van der Waals surface area (Å²) >= 11 is 1.09. The summed E-state index contributed by atoms with van der Waals surface area (Å²) in [5.74, 6) is -2.77. The van der Waals surface area contributed by atoms with Crippen LogP contribution in [0.2, 0.25) is 0 Å². The Kier molecular flexibility index (Phi) is 3.94. The van der Waals surface area contributed by atoms with E-state index in [9.17, 15) is 13.6 Å². The highest BCUT2D eigenvalue weighted by atomic mass is 32.2. The SMILES string of the molecule is CC(=N)/C(C)=C1\C(=N)SC(C(=O)NC2CC(F)(F)C2)=C1C1CC1. The summed E-state index contributed by atoms with van der Waals surface area (Å²) in [7, 11) is 0. The van der Waals surface area contributed by atoms with Crippen LogP contribution in [0.5, 0.6) is 0 Å². The van der Waals surface area contributed by atoms with E-state index in [1.807, 2.05) is 0 Å². The molecule has 2 saturated carbocycles. The van der Waals surface area contributed by atoms with E-state index >= 15 is 0 Å². The van der Waals surface area contributed by atoms with Gasteiger partial charge >= 0.3 is 0 Å². The van der Waals surface area contributed by atoms with E-state index in [4.69, 9.17) is 10.8 Å². The Bertz CT molecular complexity index is 669. The van der Waals surface area contributed by atoms with Crippen LogP contribution in [0.15, 0.2) is 21.6 Å². The molecule has 3 rings (SSSR count). The minimum atomic E-state index is -2.67. The third-order valence-corrected chi connectivity index (χ3v) is 5.52. The molecule has 124 valence electrons. The second-order valence-electron chi connectivity index (χ2n) is 6.51. The van der Waals surface area contributed by atoms with E-state index in [1.54, 1.807) is 13.8 Å². The molecule has 1 heterocycles. The van der Waals surface area contributed by atoms with Crippen molar-refractivity contribution >= 4 is 28.4 Å². The number of alkyl halides is 2. The molecule has 2 fully saturated rings. The van der Waals surface area contributed by atoms with E-state index in [0.29, 0.717) is 21.8 Å². The molecule has 0 unspecified atom stereocenters. The van der Waals surface area contributed by atoms with Crippen LogP contribution in [0.25, 0.3) is 0 Å². The molecule has 23 heavy (non-hydrogen) atoms. The van der Waals surface area contributed by atoms with Gasteiger partial charge < -0.3 is 10.7 Å². The summed E-state index contributed by atoms with van der Waals surface area (Å²) in [6.45, 7) is 3.46. The average Bonchev–Trinajstić information content (AvgIpc) is 3.19. The molecule has 0 atom stereocenters. The zero-order valence-corrected chi connectivity index (χ0v) is 13.9. The Balaban J connectivity index is 1.87. The van der Waals surface area contributed by atoms with Gasteiger partial charge in [0.25, 0.3) is 11.8 Å². The van der Waals surface area contributed by atoms with Gasteiger partial charge in [0.1, 0.15) is 0 Å². The number of hydrogen-bond acceptors (Lipinski definition) is 4. The highest BCUT2D eigenvalue weighted by Gasteiger charge is 2.47. The van der Waals surface area contributed by atoms with Gasteiger partial charge in [0.15, 0.2) is 0 Å². The number of hydrogen-bond donors (Lipinski definition) is 3. The minimum absolute atomic E-state index is 0.248. The van der Waals surface area contributed by atoms with Crippen LogP contribution < -0.4 is 5.32 Å². The number of carbonyl (C=O) groups is 1. The largest absolute Gasteiger partial charge is 0.348 e. The Labute approximate surface area is 137 Å². The van der Waals surface area contributed by atoms with Crippen LogP contribution in [-0.4, -0.2) is 28.6 Å². The lowest BCUT2D eigenvalue weighted by Crippen LogP contribution is -2.50. The predicted octanol–water partition coefficient (Wildman–Crippen LogP) is 3.64. The number of rotatable bonds is 4. The van der Waals surface area contributed by atoms with E-state index in [1.165, 1.54) is 0 Å². The van der Waals surface area contributed by atoms with E-state index < -0.39 is 12.0 Å². The molecule has 0 saturated heterocycles. The average molecular weight is 339 g/mol. The van der Waals surface area contributed by atoms with E-state index in [0.717, 1.165) is 30.2 Å². The first-order valence-electron chi connectivity index (χ1n) is 7.66. The van der Waals surface area contributed by atoms with Crippen molar-refractivity contribution in [2.75, 3.05) is 0 Å². The quantitative estimate of drug-likeness (QED) is 0.684. The van der Waals surface area contributed by atoms with Gasteiger partial charge in [-0.25, -0.2) is 8.78 Å². The van der Waals surface area contributed by atoms with E-state index in [2.05, 4.69) is 5.32 Å². The lowest BCUT2D eigenvalue weighted by molar-refractivity contribution is -0.125. The van der Waals surface area contributed by atoms with Crippen LogP contribution in [0.3, 0.4) is 0 Å². The van der Waals surface area contributed by atoms with Gasteiger partial charge in [-0.2, -0.15) is 0 Å². The van der Waals surface area contributed by atoms with Gasteiger partial charge in [-0.05, 0) is 43.8 Å². The highest BCUT2D eigenvalue weighted by Crippen LogP contribution is 2.51. The second-order valence-corrected chi connectivity index (χ2v) is 7.53. The normalized spacial score (nSPS) is 26.2. The summed E-state index contributed by atoms with van der Waals surface area (Å²) in [5, 5.41) is 18.9. The van der Waals surface area contributed by atoms with Crippen molar-refractivity contribution < 1.29 is 13.6 Å². The minimum Gasteiger partial charge on any atom is -0.348 e. The Morgan fingerprint density at radius 1 is 1.30 bits per heavy atom. The van der Waals surface area contributed by atoms with Crippen molar-refractivity contribution in [1.82, 2.24) is 5.32 Å². The van der Waals surface area contributed by atoms with Crippen molar-refractivity contribution in [2.45, 2.75) is 51.5 Å². The molecule has 7 heteroatoms. The van der Waals surface area contributed by atoms with Crippen molar-refractivity contribution in [1.29, 1.82) is 10.8 Å². The summed E-state index contributed by atoms with van der Waals surface area (Å²) in [4.78, 5) is 12.9. The van der Waals surface area contributed by atoms with E-state index in [-0.39, 0.29) is 29.7 Å². The third-order valence-electron chi connectivity index (χ3n) is 4.50. The van der Waals surface area contributed by atoms with Gasteiger partial charge in [-0.1, -0.05) is 11.8 Å². The monoisotopic (exact) mass is 339 g/mol. The predicted molar refractivity (Wildman–Crippen MR) is 87.3 cm³/mol. The molecule has 1 aliphatic heterocycles. The zero-order chi connectivity index (χ0) is 16.9. The molecule has 0 aromatic carbocycles.